The molecule has 2 rings (SSSR count). The van der Waals surface area contributed by atoms with E-state index in [4.69, 9.17) is 0 Å². The molecule has 18 heavy (non-hydrogen) atoms. The van der Waals surface area contributed by atoms with Crippen molar-refractivity contribution in [2.75, 3.05) is 12.4 Å². The summed E-state index contributed by atoms with van der Waals surface area (Å²) < 4.78 is 4.57. The SMILES string of the molecule is COC(=O)Nc1cccc(Cc2ccc(C)s2)c1. The van der Waals surface area contributed by atoms with E-state index in [0.717, 1.165) is 12.1 Å². The zero-order chi connectivity index (χ0) is 13.0. The number of ether oxygens (including phenoxy) is 1. The van der Waals surface area contributed by atoms with Crippen LogP contribution < -0.4 is 5.32 Å². The maximum Gasteiger partial charge on any atom is 0.411 e. The number of benzene rings is 1. The van der Waals surface area contributed by atoms with Gasteiger partial charge in [0, 0.05) is 21.9 Å². The molecule has 0 fully saturated rings. The number of methoxy groups -OCH3 is 1. The zero-order valence-electron chi connectivity index (χ0n) is 10.4. The lowest BCUT2D eigenvalue weighted by molar-refractivity contribution is 0.187. The highest BCUT2D eigenvalue weighted by atomic mass is 32.1. The molecule has 0 spiro atoms. The standard InChI is InChI=1S/C14H15NO2S/c1-10-6-7-13(18-10)9-11-4-3-5-12(8-11)15-14(16)17-2/h3-8H,9H2,1-2H3,(H,15,16). The molecule has 4 heteroatoms. The van der Waals surface area contributed by atoms with Gasteiger partial charge in [-0.1, -0.05) is 12.1 Å². The average Bonchev–Trinajstić information content (AvgIpc) is 2.75. The van der Waals surface area contributed by atoms with Gasteiger partial charge in [-0.3, -0.25) is 5.32 Å². The van der Waals surface area contributed by atoms with Crippen LogP contribution in [-0.2, 0) is 11.2 Å². The molecule has 3 nitrogen and oxygen atoms in total. The lowest BCUT2D eigenvalue weighted by atomic mass is 10.1. The molecule has 0 saturated carbocycles. The second kappa shape index (κ2) is 5.69. The highest BCUT2D eigenvalue weighted by Gasteiger charge is 2.03. The van der Waals surface area contributed by atoms with E-state index in [9.17, 15) is 4.79 Å². The van der Waals surface area contributed by atoms with Crippen molar-refractivity contribution in [2.24, 2.45) is 0 Å². The Morgan fingerprint density at radius 2 is 2.17 bits per heavy atom. The third-order valence-corrected chi connectivity index (χ3v) is 3.53. The van der Waals surface area contributed by atoms with Gasteiger partial charge in [-0.05, 0) is 36.8 Å². The first-order valence-corrected chi connectivity index (χ1v) is 6.48. The monoisotopic (exact) mass is 261 g/mol. The molecular formula is C14H15NO2S. The van der Waals surface area contributed by atoms with Crippen molar-refractivity contribution in [1.29, 1.82) is 0 Å². The van der Waals surface area contributed by atoms with Crippen molar-refractivity contribution in [2.45, 2.75) is 13.3 Å². The number of rotatable bonds is 3. The van der Waals surface area contributed by atoms with Crippen molar-refractivity contribution in [3.8, 4) is 0 Å². The van der Waals surface area contributed by atoms with Crippen LogP contribution >= 0.6 is 11.3 Å². The highest BCUT2D eigenvalue weighted by molar-refractivity contribution is 7.11. The van der Waals surface area contributed by atoms with E-state index in [2.05, 4.69) is 35.2 Å². The molecule has 0 bridgehead atoms. The van der Waals surface area contributed by atoms with Crippen LogP contribution in [0.3, 0.4) is 0 Å². The number of thiophene rings is 1. The summed E-state index contributed by atoms with van der Waals surface area (Å²) in [6.45, 7) is 2.10. The molecular weight excluding hydrogens is 246 g/mol. The van der Waals surface area contributed by atoms with E-state index < -0.39 is 6.09 Å². The third-order valence-electron chi connectivity index (χ3n) is 2.53. The summed E-state index contributed by atoms with van der Waals surface area (Å²) in [5, 5.41) is 2.67. The molecule has 94 valence electrons. The van der Waals surface area contributed by atoms with E-state index in [1.165, 1.54) is 22.4 Å². The molecule has 0 radical (unpaired) electrons. The summed E-state index contributed by atoms with van der Waals surface area (Å²) in [5.41, 5.74) is 1.93. The summed E-state index contributed by atoms with van der Waals surface area (Å²) in [7, 11) is 1.35. The number of carbonyl (C=O) groups excluding carboxylic acids is 1. The molecule has 1 aromatic heterocycles. The van der Waals surface area contributed by atoms with Crippen molar-refractivity contribution in [1.82, 2.24) is 0 Å². The van der Waals surface area contributed by atoms with Gasteiger partial charge in [-0.15, -0.1) is 11.3 Å². The van der Waals surface area contributed by atoms with Crippen molar-refractivity contribution in [3.05, 3.63) is 51.7 Å². The smallest absolute Gasteiger partial charge is 0.411 e. The Bertz CT molecular complexity index is 548. The van der Waals surface area contributed by atoms with E-state index in [-0.39, 0.29) is 0 Å². The normalized spacial score (nSPS) is 10.1. The molecule has 1 amide bonds. The summed E-state index contributed by atoms with van der Waals surface area (Å²) in [6.07, 6.45) is 0.439. The first kappa shape index (κ1) is 12.6. The predicted molar refractivity (Wildman–Crippen MR) is 74.3 cm³/mol. The fourth-order valence-corrected chi connectivity index (χ4v) is 2.63. The quantitative estimate of drug-likeness (QED) is 0.912. The second-order valence-electron chi connectivity index (χ2n) is 4.01. The number of nitrogens with one attached hydrogen (secondary N) is 1. The molecule has 0 aliphatic heterocycles. The zero-order valence-corrected chi connectivity index (χ0v) is 11.2. The van der Waals surface area contributed by atoms with Crippen LogP contribution in [0.5, 0.6) is 0 Å². The van der Waals surface area contributed by atoms with Crippen LogP contribution in [0.2, 0.25) is 0 Å². The maximum absolute atomic E-state index is 11.1. The molecule has 0 atom stereocenters. The van der Waals surface area contributed by atoms with Gasteiger partial charge in [0.15, 0.2) is 0 Å². The van der Waals surface area contributed by atoms with Crippen LogP contribution in [0.25, 0.3) is 0 Å². The van der Waals surface area contributed by atoms with Crippen LogP contribution in [0, 0.1) is 6.92 Å². The molecule has 2 aromatic rings. The number of hydrogen-bond acceptors (Lipinski definition) is 3. The number of amides is 1. The Hall–Kier alpha value is -1.81. The van der Waals surface area contributed by atoms with Crippen LogP contribution in [0.4, 0.5) is 10.5 Å². The molecule has 1 heterocycles. The molecule has 0 aliphatic carbocycles. The van der Waals surface area contributed by atoms with Gasteiger partial charge >= 0.3 is 6.09 Å². The average molecular weight is 261 g/mol. The van der Waals surface area contributed by atoms with Gasteiger partial charge in [-0.2, -0.15) is 0 Å². The van der Waals surface area contributed by atoms with E-state index >= 15 is 0 Å². The number of anilines is 1. The molecule has 0 unspecified atom stereocenters. The second-order valence-corrected chi connectivity index (χ2v) is 5.38. The topological polar surface area (TPSA) is 38.3 Å². The van der Waals surface area contributed by atoms with E-state index in [1.807, 2.05) is 18.2 Å². The summed E-state index contributed by atoms with van der Waals surface area (Å²) in [5.74, 6) is 0. The van der Waals surface area contributed by atoms with Crippen LogP contribution in [0.15, 0.2) is 36.4 Å². The molecule has 1 N–H and O–H groups in total. The Kier molecular flexibility index (Phi) is 3.99. The van der Waals surface area contributed by atoms with Gasteiger partial charge in [0.1, 0.15) is 0 Å². The van der Waals surface area contributed by atoms with Crippen molar-refractivity contribution < 1.29 is 9.53 Å². The first-order valence-electron chi connectivity index (χ1n) is 5.66. The maximum atomic E-state index is 11.1. The minimum absolute atomic E-state index is 0.445. The van der Waals surface area contributed by atoms with Crippen molar-refractivity contribution >= 4 is 23.1 Å². The van der Waals surface area contributed by atoms with Crippen molar-refractivity contribution in [3.63, 3.8) is 0 Å². The first-order chi connectivity index (χ1) is 8.67. The van der Waals surface area contributed by atoms with Gasteiger partial charge < -0.3 is 4.74 Å². The fraction of sp³-hybridized carbons (Fsp3) is 0.214. The lowest BCUT2D eigenvalue weighted by Crippen LogP contribution is -2.10. The number of hydrogen-bond donors (Lipinski definition) is 1. The van der Waals surface area contributed by atoms with Crippen LogP contribution in [-0.4, -0.2) is 13.2 Å². The summed E-state index contributed by atoms with van der Waals surface area (Å²) in [6, 6.07) is 12.1. The van der Waals surface area contributed by atoms with Gasteiger partial charge in [0.25, 0.3) is 0 Å². The van der Waals surface area contributed by atoms with E-state index in [1.54, 1.807) is 11.3 Å². The summed E-state index contributed by atoms with van der Waals surface area (Å²) in [4.78, 5) is 13.8. The number of carbonyl (C=O) groups is 1. The predicted octanol–water partition coefficient (Wildman–Crippen LogP) is 3.83. The van der Waals surface area contributed by atoms with Gasteiger partial charge in [0.2, 0.25) is 0 Å². The van der Waals surface area contributed by atoms with Crippen LogP contribution in [0.1, 0.15) is 15.3 Å². The molecule has 0 aliphatic rings. The minimum Gasteiger partial charge on any atom is -0.453 e. The number of aryl methyl sites for hydroxylation is 1. The highest BCUT2D eigenvalue weighted by Crippen LogP contribution is 2.20. The largest absolute Gasteiger partial charge is 0.453 e. The Morgan fingerprint density at radius 3 is 2.83 bits per heavy atom. The summed E-state index contributed by atoms with van der Waals surface area (Å²) >= 11 is 1.79. The van der Waals surface area contributed by atoms with E-state index in [0.29, 0.717) is 0 Å². The molecule has 0 saturated heterocycles. The third kappa shape index (κ3) is 3.34. The Labute approximate surface area is 110 Å². The molecule has 1 aromatic carbocycles. The van der Waals surface area contributed by atoms with Gasteiger partial charge in [0.05, 0.1) is 7.11 Å². The Morgan fingerprint density at radius 1 is 1.33 bits per heavy atom. The fourth-order valence-electron chi connectivity index (χ4n) is 1.71. The minimum atomic E-state index is -0.445. The Balaban J connectivity index is 2.09. The lowest BCUT2D eigenvalue weighted by Gasteiger charge is -2.05. The van der Waals surface area contributed by atoms with Gasteiger partial charge in [-0.25, -0.2) is 4.79 Å².